The van der Waals surface area contributed by atoms with Crippen LogP contribution in [0.15, 0.2) is 12.2 Å². The van der Waals surface area contributed by atoms with Crippen molar-refractivity contribution in [2.75, 3.05) is 13.6 Å². The minimum atomic E-state index is -0.906. The van der Waals surface area contributed by atoms with Crippen LogP contribution in [-0.2, 0) is 9.59 Å². The van der Waals surface area contributed by atoms with E-state index in [0.717, 1.165) is 0 Å². The number of nitrogens with zero attached hydrogens (tertiary/aromatic N) is 1. The molecule has 0 heterocycles. The first kappa shape index (κ1) is 10.7. The van der Waals surface area contributed by atoms with Gasteiger partial charge in [0.1, 0.15) is 0 Å². The standard InChI is InChI=1S/C8H13NO3/c1-6(2)8(12)9(3)5-4-7(10)11/h1,4-5H2,2-3H3,(H,10,11). The molecule has 0 radical (unpaired) electrons. The second kappa shape index (κ2) is 4.54. The summed E-state index contributed by atoms with van der Waals surface area (Å²) in [5.74, 6) is -1.12. The fraction of sp³-hybridized carbons (Fsp3) is 0.500. The van der Waals surface area contributed by atoms with Gasteiger partial charge in [0.15, 0.2) is 0 Å². The minimum Gasteiger partial charge on any atom is -0.481 e. The summed E-state index contributed by atoms with van der Waals surface area (Å²) in [6.07, 6.45) is -0.0322. The van der Waals surface area contributed by atoms with Crippen molar-refractivity contribution in [1.82, 2.24) is 4.90 Å². The minimum absolute atomic E-state index is 0.0322. The first-order valence-corrected chi connectivity index (χ1v) is 3.58. The Kier molecular flexibility index (Phi) is 4.04. The van der Waals surface area contributed by atoms with Gasteiger partial charge in [-0.05, 0) is 6.92 Å². The molecule has 0 aliphatic rings. The van der Waals surface area contributed by atoms with Gasteiger partial charge in [-0.3, -0.25) is 9.59 Å². The molecule has 0 aromatic rings. The van der Waals surface area contributed by atoms with Crippen molar-refractivity contribution in [3.63, 3.8) is 0 Å². The Morgan fingerprint density at radius 1 is 1.50 bits per heavy atom. The zero-order chi connectivity index (χ0) is 9.72. The fourth-order valence-electron chi connectivity index (χ4n) is 0.691. The third kappa shape index (κ3) is 3.75. The molecule has 0 aliphatic heterocycles. The number of hydrogen-bond acceptors (Lipinski definition) is 2. The summed E-state index contributed by atoms with van der Waals surface area (Å²) < 4.78 is 0. The molecule has 0 spiro atoms. The van der Waals surface area contributed by atoms with Crippen LogP contribution in [0.4, 0.5) is 0 Å². The average Bonchev–Trinajstić information content (AvgIpc) is 1.98. The van der Waals surface area contributed by atoms with Crippen LogP contribution in [0.2, 0.25) is 0 Å². The molecule has 4 nitrogen and oxygen atoms in total. The van der Waals surface area contributed by atoms with Gasteiger partial charge >= 0.3 is 5.97 Å². The molecule has 0 atom stereocenters. The lowest BCUT2D eigenvalue weighted by atomic mass is 10.3. The summed E-state index contributed by atoms with van der Waals surface area (Å²) in [7, 11) is 1.56. The van der Waals surface area contributed by atoms with Gasteiger partial charge in [0, 0.05) is 19.2 Å². The maximum absolute atomic E-state index is 11.1. The third-order valence-corrected chi connectivity index (χ3v) is 1.37. The molecule has 0 aromatic carbocycles. The van der Waals surface area contributed by atoms with Gasteiger partial charge in [-0.1, -0.05) is 6.58 Å². The van der Waals surface area contributed by atoms with Crippen molar-refractivity contribution in [3.8, 4) is 0 Å². The van der Waals surface area contributed by atoms with Crippen molar-refractivity contribution >= 4 is 11.9 Å². The molecule has 68 valence electrons. The van der Waals surface area contributed by atoms with Crippen LogP contribution >= 0.6 is 0 Å². The highest BCUT2D eigenvalue weighted by Crippen LogP contribution is 1.96. The first-order chi connectivity index (χ1) is 5.45. The smallest absolute Gasteiger partial charge is 0.305 e. The molecule has 0 fully saturated rings. The van der Waals surface area contributed by atoms with Crippen LogP contribution < -0.4 is 0 Å². The largest absolute Gasteiger partial charge is 0.481 e. The number of carbonyl (C=O) groups excluding carboxylic acids is 1. The van der Waals surface area contributed by atoms with Crippen LogP contribution in [0, 0.1) is 0 Å². The lowest BCUT2D eigenvalue weighted by molar-refractivity contribution is -0.137. The second-order valence-electron chi connectivity index (χ2n) is 2.65. The zero-order valence-corrected chi connectivity index (χ0v) is 7.33. The van der Waals surface area contributed by atoms with Crippen LogP contribution in [0.1, 0.15) is 13.3 Å². The lowest BCUT2D eigenvalue weighted by Gasteiger charge is -2.15. The maximum Gasteiger partial charge on any atom is 0.305 e. The molecule has 0 saturated heterocycles. The zero-order valence-electron chi connectivity index (χ0n) is 7.33. The summed E-state index contributed by atoms with van der Waals surface area (Å²) in [6.45, 7) is 5.28. The van der Waals surface area contributed by atoms with Crippen molar-refractivity contribution < 1.29 is 14.7 Å². The molecule has 0 rings (SSSR count). The molecule has 1 N–H and O–H groups in total. The number of hydrogen-bond donors (Lipinski definition) is 1. The van der Waals surface area contributed by atoms with E-state index in [9.17, 15) is 9.59 Å². The number of carboxylic acid groups (broad SMARTS) is 1. The van der Waals surface area contributed by atoms with E-state index < -0.39 is 5.97 Å². The quantitative estimate of drug-likeness (QED) is 0.626. The predicted octanol–water partition coefficient (Wildman–Crippen LogP) is 0.496. The highest BCUT2D eigenvalue weighted by molar-refractivity contribution is 5.92. The van der Waals surface area contributed by atoms with Crippen LogP contribution in [0.3, 0.4) is 0 Å². The first-order valence-electron chi connectivity index (χ1n) is 3.58. The Bertz CT molecular complexity index is 210. The van der Waals surface area contributed by atoms with Gasteiger partial charge in [0.05, 0.1) is 6.42 Å². The summed E-state index contributed by atoms with van der Waals surface area (Å²) in [6, 6.07) is 0. The van der Waals surface area contributed by atoms with Crippen LogP contribution in [0.5, 0.6) is 0 Å². The van der Waals surface area contributed by atoms with Gasteiger partial charge in [-0.25, -0.2) is 0 Å². The van der Waals surface area contributed by atoms with Gasteiger partial charge in [-0.2, -0.15) is 0 Å². The van der Waals surface area contributed by atoms with E-state index in [1.54, 1.807) is 14.0 Å². The number of likely N-dealkylation sites (N-methyl/N-ethyl adjacent to an activating group) is 1. The molecular formula is C8H13NO3. The Hall–Kier alpha value is -1.32. The molecule has 0 saturated carbocycles. The number of aliphatic carboxylic acids is 1. The normalized spacial score (nSPS) is 9.17. The van der Waals surface area contributed by atoms with Gasteiger partial charge in [-0.15, -0.1) is 0 Å². The topological polar surface area (TPSA) is 57.6 Å². The molecule has 4 heteroatoms. The van der Waals surface area contributed by atoms with Gasteiger partial charge in [0.25, 0.3) is 0 Å². The molecule has 12 heavy (non-hydrogen) atoms. The van der Waals surface area contributed by atoms with E-state index in [1.807, 2.05) is 0 Å². The lowest BCUT2D eigenvalue weighted by Crippen LogP contribution is -2.29. The van der Waals surface area contributed by atoms with E-state index in [2.05, 4.69) is 6.58 Å². The highest BCUT2D eigenvalue weighted by Gasteiger charge is 2.09. The second-order valence-corrected chi connectivity index (χ2v) is 2.65. The van der Waals surface area contributed by atoms with Crippen molar-refractivity contribution in [1.29, 1.82) is 0 Å². The Balaban J connectivity index is 3.87. The van der Waals surface area contributed by atoms with Crippen molar-refractivity contribution in [2.45, 2.75) is 13.3 Å². The van der Waals surface area contributed by atoms with Gasteiger partial charge < -0.3 is 10.0 Å². The molecule has 0 aliphatic carbocycles. The van der Waals surface area contributed by atoms with E-state index in [-0.39, 0.29) is 18.9 Å². The summed E-state index contributed by atoms with van der Waals surface area (Å²) in [5, 5.41) is 8.32. The van der Waals surface area contributed by atoms with Crippen LogP contribution in [-0.4, -0.2) is 35.5 Å². The summed E-state index contributed by atoms with van der Waals surface area (Å²) in [4.78, 5) is 22.6. The Labute approximate surface area is 71.5 Å². The van der Waals surface area contributed by atoms with E-state index in [1.165, 1.54) is 4.90 Å². The molecule has 0 aromatic heterocycles. The Morgan fingerprint density at radius 3 is 2.33 bits per heavy atom. The van der Waals surface area contributed by atoms with Gasteiger partial charge in [0.2, 0.25) is 5.91 Å². The summed E-state index contributed by atoms with van der Waals surface area (Å²) in [5.41, 5.74) is 0.419. The number of rotatable bonds is 4. The van der Waals surface area contributed by atoms with E-state index in [0.29, 0.717) is 5.57 Å². The number of carboxylic acids is 1. The molecule has 1 amide bonds. The van der Waals surface area contributed by atoms with Crippen LogP contribution in [0.25, 0.3) is 0 Å². The average molecular weight is 171 g/mol. The molecule has 0 unspecified atom stereocenters. The van der Waals surface area contributed by atoms with E-state index >= 15 is 0 Å². The molecule has 0 bridgehead atoms. The van der Waals surface area contributed by atoms with Crippen molar-refractivity contribution in [3.05, 3.63) is 12.2 Å². The van der Waals surface area contributed by atoms with Crippen molar-refractivity contribution in [2.24, 2.45) is 0 Å². The highest BCUT2D eigenvalue weighted by atomic mass is 16.4. The summed E-state index contributed by atoms with van der Waals surface area (Å²) >= 11 is 0. The fourth-order valence-corrected chi connectivity index (χ4v) is 0.691. The SMILES string of the molecule is C=C(C)C(=O)N(C)CCC(=O)O. The molecular weight excluding hydrogens is 158 g/mol. The van der Waals surface area contributed by atoms with E-state index in [4.69, 9.17) is 5.11 Å². The predicted molar refractivity (Wildman–Crippen MR) is 44.7 cm³/mol. The maximum atomic E-state index is 11.1. The Morgan fingerprint density at radius 2 is 2.00 bits per heavy atom. The monoisotopic (exact) mass is 171 g/mol. The number of amides is 1. The number of carbonyl (C=O) groups is 2. The third-order valence-electron chi connectivity index (χ3n) is 1.37.